The Kier molecular flexibility index (Phi) is 8.19. The monoisotopic (exact) mass is 359 g/mol. The number of esters is 1. The van der Waals surface area contributed by atoms with Crippen molar-refractivity contribution in [2.45, 2.75) is 64.6 Å². The van der Waals surface area contributed by atoms with Gasteiger partial charge in [-0.3, -0.25) is 4.90 Å². The van der Waals surface area contributed by atoms with Gasteiger partial charge >= 0.3 is 12.1 Å². The third-order valence-electron chi connectivity index (χ3n) is 4.57. The quantitative estimate of drug-likeness (QED) is 0.532. The van der Waals surface area contributed by atoms with Crippen LogP contribution in [-0.2, 0) is 20.9 Å². The van der Waals surface area contributed by atoms with Crippen molar-refractivity contribution in [3.05, 3.63) is 48.0 Å². The molecule has 1 saturated heterocycles. The van der Waals surface area contributed by atoms with E-state index < -0.39 is 0 Å². The van der Waals surface area contributed by atoms with E-state index in [-0.39, 0.29) is 30.8 Å². The Labute approximate surface area is 156 Å². The second kappa shape index (κ2) is 10.6. The van der Waals surface area contributed by atoms with Gasteiger partial charge in [0.25, 0.3) is 0 Å². The number of nitrogens with zero attached hydrogens (tertiary/aromatic N) is 1. The van der Waals surface area contributed by atoms with E-state index in [1.165, 1.54) is 6.08 Å². The largest absolute Gasteiger partial charge is 0.463 e. The Morgan fingerprint density at radius 3 is 2.62 bits per heavy atom. The van der Waals surface area contributed by atoms with Crippen molar-refractivity contribution in [2.75, 3.05) is 6.61 Å². The lowest BCUT2D eigenvalue weighted by atomic mass is 9.93. The highest BCUT2D eigenvalue weighted by atomic mass is 16.6. The Morgan fingerprint density at radius 2 is 1.92 bits per heavy atom. The molecule has 1 heterocycles. The van der Waals surface area contributed by atoms with Crippen molar-refractivity contribution < 1.29 is 19.1 Å². The molecular weight excluding hydrogens is 330 g/mol. The molecule has 0 unspecified atom stereocenters. The van der Waals surface area contributed by atoms with Crippen LogP contribution in [0.4, 0.5) is 4.79 Å². The first-order valence-corrected chi connectivity index (χ1v) is 9.49. The summed E-state index contributed by atoms with van der Waals surface area (Å²) in [7, 11) is 0. The lowest BCUT2D eigenvalue weighted by molar-refractivity contribution is -0.137. The number of piperidine rings is 1. The van der Waals surface area contributed by atoms with Gasteiger partial charge < -0.3 is 9.47 Å². The maximum atomic E-state index is 12.8. The Bertz CT molecular complexity index is 597. The number of amides is 1. The topological polar surface area (TPSA) is 55.8 Å². The van der Waals surface area contributed by atoms with Gasteiger partial charge in [-0.05, 0) is 38.2 Å². The zero-order valence-electron chi connectivity index (χ0n) is 15.7. The second-order valence-corrected chi connectivity index (χ2v) is 6.50. The third-order valence-corrected chi connectivity index (χ3v) is 4.57. The van der Waals surface area contributed by atoms with Crippen molar-refractivity contribution >= 4 is 12.1 Å². The van der Waals surface area contributed by atoms with Gasteiger partial charge in [-0.25, -0.2) is 9.59 Å². The average Bonchev–Trinajstić information content (AvgIpc) is 2.66. The summed E-state index contributed by atoms with van der Waals surface area (Å²) in [5.74, 6) is -0.372. The van der Waals surface area contributed by atoms with Crippen LogP contribution in [0.3, 0.4) is 0 Å². The first kappa shape index (κ1) is 20.0. The van der Waals surface area contributed by atoms with Crippen LogP contribution >= 0.6 is 0 Å². The Balaban J connectivity index is 2.07. The number of hydrogen-bond acceptors (Lipinski definition) is 4. The van der Waals surface area contributed by atoms with Gasteiger partial charge in [0.2, 0.25) is 0 Å². The molecular formula is C21H29NO4. The van der Waals surface area contributed by atoms with Crippen LogP contribution in [0.15, 0.2) is 42.5 Å². The van der Waals surface area contributed by atoms with Gasteiger partial charge in [0.15, 0.2) is 0 Å². The molecule has 0 radical (unpaired) electrons. The molecule has 5 heteroatoms. The average molecular weight is 359 g/mol. The van der Waals surface area contributed by atoms with Crippen LogP contribution in [0.1, 0.15) is 51.5 Å². The number of likely N-dealkylation sites (tertiary alicyclic amines) is 1. The van der Waals surface area contributed by atoms with Crippen molar-refractivity contribution in [1.82, 2.24) is 4.90 Å². The number of hydrogen-bond donors (Lipinski definition) is 0. The van der Waals surface area contributed by atoms with E-state index in [1.54, 1.807) is 13.0 Å². The maximum Gasteiger partial charge on any atom is 0.410 e. The SMILES string of the molecule is CCC[C@@H]1CCC[C@H](/C=C/C(=O)OCC)N1C(=O)OCc1ccccc1. The molecule has 1 amide bonds. The van der Waals surface area contributed by atoms with Gasteiger partial charge in [-0.2, -0.15) is 0 Å². The number of carbonyl (C=O) groups is 2. The molecule has 1 aliphatic heterocycles. The van der Waals surface area contributed by atoms with E-state index in [1.807, 2.05) is 35.2 Å². The predicted molar refractivity (Wildman–Crippen MR) is 101 cm³/mol. The third kappa shape index (κ3) is 5.90. The molecule has 1 aromatic rings. The fraction of sp³-hybridized carbons (Fsp3) is 0.524. The molecule has 0 saturated carbocycles. The van der Waals surface area contributed by atoms with Crippen molar-refractivity contribution in [3.63, 3.8) is 0 Å². The van der Waals surface area contributed by atoms with Crippen LogP contribution in [0, 0.1) is 0 Å². The Hall–Kier alpha value is -2.30. The zero-order chi connectivity index (χ0) is 18.8. The molecule has 142 valence electrons. The second-order valence-electron chi connectivity index (χ2n) is 6.50. The van der Waals surface area contributed by atoms with E-state index in [9.17, 15) is 9.59 Å². The van der Waals surface area contributed by atoms with E-state index in [2.05, 4.69) is 6.92 Å². The lowest BCUT2D eigenvalue weighted by Crippen LogP contribution is -2.49. The van der Waals surface area contributed by atoms with Crippen LogP contribution in [-0.4, -0.2) is 35.7 Å². The number of carbonyl (C=O) groups excluding carboxylic acids is 2. The minimum absolute atomic E-state index is 0.132. The molecule has 2 atom stereocenters. The Morgan fingerprint density at radius 1 is 1.15 bits per heavy atom. The first-order chi connectivity index (χ1) is 12.7. The molecule has 0 aromatic heterocycles. The highest BCUT2D eigenvalue weighted by Crippen LogP contribution is 2.28. The maximum absolute atomic E-state index is 12.8. The van der Waals surface area contributed by atoms with E-state index in [0.29, 0.717) is 6.61 Å². The molecule has 0 spiro atoms. The summed E-state index contributed by atoms with van der Waals surface area (Å²) in [5, 5.41) is 0. The van der Waals surface area contributed by atoms with E-state index >= 15 is 0 Å². The van der Waals surface area contributed by atoms with E-state index in [4.69, 9.17) is 9.47 Å². The van der Waals surface area contributed by atoms with Gasteiger partial charge in [0.1, 0.15) is 6.61 Å². The first-order valence-electron chi connectivity index (χ1n) is 9.49. The van der Waals surface area contributed by atoms with Crippen molar-refractivity contribution in [3.8, 4) is 0 Å². The van der Waals surface area contributed by atoms with Crippen LogP contribution in [0.5, 0.6) is 0 Å². The van der Waals surface area contributed by atoms with Gasteiger partial charge in [-0.1, -0.05) is 49.8 Å². The van der Waals surface area contributed by atoms with Crippen LogP contribution in [0.25, 0.3) is 0 Å². The molecule has 2 rings (SSSR count). The summed E-state index contributed by atoms with van der Waals surface area (Å²) in [6, 6.07) is 9.67. The summed E-state index contributed by atoms with van der Waals surface area (Å²) in [6.45, 7) is 4.49. The predicted octanol–water partition coefficient (Wildman–Crippen LogP) is 4.47. The molecule has 0 aliphatic carbocycles. The smallest absolute Gasteiger partial charge is 0.410 e. The van der Waals surface area contributed by atoms with Crippen LogP contribution < -0.4 is 0 Å². The normalized spacial score (nSPS) is 20.2. The zero-order valence-corrected chi connectivity index (χ0v) is 15.7. The molecule has 1 fully saturated rings. The number of ether oxygens (including phenoxy) is 2. The summed E-state index contributed by atoms with van der Waals surface area (Å²) < 4.78 is 10.5. The molecule has 26 heavy (non-hydrogen) atoms. The number of rotatable bonds is 7. The van der Waals surface area contributed by atoms with Gasteiger partial charge in [0.05, 0.1) is 12.6 Å². The fourth-order valence-electron chi connectivity index (χ4n) is 3.38. The van der Waals surface area contributed by atoms with Crippen molar-refractivity contribution in [1.29, 1.82) is 0 Å². The highest BCUT2D eigenvalue weighted by molar-refractivity contribution is 5.82. The summed E-state index contributed by atoms with van der Waals surface area (Å²) >= 11 is 0. The molecule has 5 nitrogen and oxygen atoms in total. The van der Waals surface area contributed by atoms with Gasteiger partial charge in [0, 0.05) is 12.1 Å². The summed E-state index contributed by atoms with van der Waals surface area (Å²) in [5.41, 5.74) is 0.962. The highest BCUT2D eigenvalue weighted by Gasteiger charge is 2.33. The standard InChI is InChI=1S/C21H29NO4/c1-3-9-18-12-8-13-19(14-15-20(23)25-4-2)22(18)21(24)26-16-17-10-6-5-7-11-17/h5-7,10-11,14-15,18-19H,3-4,8-9,12-13,16H2,1-2H3/b15-14+/t18-,19-/m1/s1. The van der Waals surface area contributed by atoms with Crippen LogP contribution in [0.2, 0.25) is 0 Å². The van der Waals surface area contributed by atoms with E-state index in [0.717, 1.165) is 37.7 Å². The summed E-state index contributed by atoms with van der Waals surface area (Å²) in [4.78, 5) is 26.2. The lowest BCUT2D eigenvalue weighted by Gasteiger charge is -2.40. The molecule has 0 bridgehead atoms. The minimum Gasteiger partial charge on any atom is -0.463 e. The molecule has 0 N–H and O–H groups in total. The molecule has 1 aromatic carbocycles. The minimum atomic E-state index is -0.372. The fourth-order valence-corrected chi connectivity index (χ4v) is 3.38. The number of benzene rings is 1. The molecule has 1 aliphatic rings. The summed E-state index contributed by atoms with van der Waals surface area (Å²) in [6.07, 6.45) is 7.67. The van der Waals surface area contributed by atoms with Gasteiger partial charge in [-0.15, -0.1) is 0 Å². The van der Waals surface area contributed by atoms with Crippen molar-refractivity contribution in [2.24, 2.45) is 0 Å².